The van der Waals surface area contributed by atoms with E-state index < -0.39 is 0 Å². The van der Waals surface area contributed by atoms with Gasteiger partial charge >= 0.3 is 6.09 Å². The Hall–Kier alpha value is -2.30. The maximum atomic E-state index is 11.7. The summed E-state index contributed by atoms with van der Waals surface area (Å²) in [6, 6.07) is 10.3. The first kappa shape index (κ1) is 13.7. The molecule has 0 unspecified atom stereocenters. The van der Waals surface area contributed by atoms with E-state index in [9.17, 15) is 4.79 Å². The van der Waals surface area contributed by atoms with Crippen LogP contribution >= 0.6 is 0 Å². The topological polar surface area (TPSA) is 47.4 Å². The highest BCUT2D eigenvalue weighted by molar-refractivity contribution is 5.68. The minimum absolute atomic E-state index is 0.259. The number of aromatic nitrogens is 2. The smallest absolute Gasteiger partial charge is 0.409 e. The number of amides is 1. The highest BCUT2D eigenvalue weighted by atomic mass is 16.5. The van der Waals surface area contributed by atoms with E-state index in [1.165, 1.54) is 18.2 Å². The van der Waals surface area contributed by atoms with Crippen LogP contribution in [0.15, 0.2) is 30.3 Å². The van der Waals surface area contributed by atoms with Gasteiger partial charge in [-0.2, -0.15) is 5.10 Å². The summed E-state index contributed by atoms with van der Waals surface area (Å²) in [4.78, 5) is 13.4. The van der Waals surface area contributed by atoms with Crippen LogP contribution in [-0.2, 0) is 24.6 Å². The van der Waals surface area contributed by atoms with Gasteiger partial charge in [-0.05, 0) is 6.42 Å². The van der Waals surface area contributed by atoms with E-state index in [0.717, 1.165) is 24.2 Å². The van der Waals surface area contributed by atoms with Crippen LogP contribution in [0.4, 0.5) is 4.79 Å². The Labute approximate surface area is 124 Å². The molecule has 1 aromatic heterocycles. The van der Waals surface area contributed by atoms with Crippen molar-refractivity contribution >= 4 is 6.09 Å². The van der Waals surface area contributed by atoms with Gasteiger partial charge in [0.2, 0.25) is 0 Å². The fourth-order valence-corrected chi connectivity index (χ4v) is 2.96. The average molecular weight is 285 g/mol. The lowest BCUT2D eigenvalue weighted by molar-refractivity contribution is 0.125. The van der Waals surface area contributed by atoms with Crippen molar-refractivity contribution in [3.63, 3.8) is 0 Å². The molecule has 0 N–H and O–H groups in total. The summed E-state index contributed by atoms with van der Waals surface area (Å²) in [7, 11) is 3.41. The summed E-state index contributed by atoms with van der Waals surface area (Å²) < 4.78 is 6.77. The van der Waals surface area contributed by atoms with Crippen molar-refractivity contribution in [2.45, 2.75) is 12.8 Å². The largest absolute Gasteiger partial charge is 0.453 e. The zero-order valence-electron chi connectivity index (χ0n) is 12.4. The van der Waals surface area contributed by atoms with Gasteiger partial charge in [0.05, 0.1) is 18.5 Å². The molecular formula is C16H19N3O2. The van der Waals surface area contributed by atoms with Gasteiger partial charge in [0, 0.05) is 37.7 Å². The Bertz CT molecular complexity index is 649. The average Bonchev–Trinajstić information content (AvgIpc) is 2.69. The zero-order chi connectivity index (χ0) is 14.8. The van der Waals surface area contributed by atoms with Crippen molar-refractivity contribution in [2.75, 3.05) is 20.2 Å². The molecule has 5 nitrogen and oxygen atoms in total. The number of hydrogen-bond acceptors (Lipinski definition) is 3. The lowest BCUT2D eigenvalue weighted by atomic mass is 10.0. The maximum absolute atomic E-state index is 11.7. The molecule has 0 aliphatic carbocycles. The van der Waals surface area contributed by atoms with Crippen molar-refractivity contribution < 1.29 is 9.53 Å². The summed E-state index contributed by atoms with van der Waals surface area (Å²) in [6.07, 6.45) is 1.32. The van der Waals surface area contributed by atoms with Crippen molar-refractivity contribution in [3.8, 4) is 11.3 Å². The minimum atomic E-state index is -0.259. The van der Waals surface area contributed by atoms with Gasteiger partial charge in [0.25, 0.3) is 0 Å². The van der Waals surface area contributed by atoms with E-state index in [0.29, 0.717) is 13.1 Å². The second-order valence-electron chi connectivity index (χ2n) is 5.22. The lowest BCUT2D eigenvalue weighted by Crippen LogP contribution is -2.33. The number of aryl methyl sites for hydroxylation is 1. The number of ether oxygens (including phenoxy) is 1. The zero-order valence-corrected chi connectivity index (χ0v) is 12.4. The standard InChI is InChI=1S/C16H19N3O2/c1-18-15(12-6-4-3-5-7-12)13-8-10-19(16(20)21-2)11-9-14(13)17-18/h3-7H,8-11H2,1-2H3. The van der Waals surface area contributed by atoms with Gasteiger partial charge in [-0.15, -0.1) is 0 Å². The predicted molar refractivity (Wildman–Crippen MR) is 80.0 cm³/mol. The number of fused-ring (bicyclic) bond motifs is 1. The number of nitrogens with zero attached hydrogens (tertiary/aromatic N) is 3. The molecule has 0 fully saturated rings. The molecule has 0 bridgehead atoms. The first-order valence-electron chi connectivity index (χ1n) is 7.13. The number of carbonyl (C=O) groups is 1. The van der Waals surface area contributed by atoms with E-state index in [4.69, 9.17) is 4.74 Å². The molecular weight excluding hydrogens is 266 g/mol. The Morgan fingerprint density at radius 3 is 2.62 bits per heavy atom. The number of benzene rings is 1. The summed E-state index contributed by atoms with van der Waals surface area (Å²) in [5, 5.41) is 4.65. The predicted octanol–water partition coefficient (Wildman–Crippen LogP) is 2.25. The fraction of sp³-hybridized carbons (Fsp3) is 0.375. The highest BCUT2D eigenvalue weighted by Crippen LogP contribution is 2.28. The van der Waals surface area contributed by atoms with Crippen molar-refractivity contribution in [3.05, 3.63) is 41.6 Å². The third kappa shape index (κ3) is 2.51. The molecule has 3 rings (SSSR count). The van der Waals surface area contributed by atoms with Gasteiger partial charge in [-0.1, -0.05) is 30.3 Å². The molecule has 2 heterocycles. The van der Waals surface area contributed by atoms with Crippen LogP contribution in [0.5, 0.6) is 0 Å². The molecule has 2 aromatic rings. The van der Waals surface area contributed by atoms with Crippen molar-refractivity contribution in [1.29, 1.82) is 0 Å². The fourth-order valence-electron chi connectivity index (χ4n) is 2.96. The minimum Gasteiger partial charge on any atom is -0.453 e. The number of methoxy groups -OCH3 is 1. The third-order valence-electron chi connectivity index (χ3n) is 3.96. The van der Waals surface area contributed by atoms with Gasteiger partial charge < -0.3 is 9.64 Å². The Kier molecular flexibility index (Phi) is 3.64. The van der Waals surface area contributed by atoms with Crippen molar-refractivity contribution in [1.82, 2.24) is 14.7 Å². The summed E-state index contributed by atoms with van der Waals surface area (Å²) in [5.74, 6) is 0. The Balaban J connectivity index is 1.94. The second kappa shape index (κ2) is 5.60. The first-order chi connectivity index (χ1) is 10.2. The Morgan fingerprint density at radius 2 is 1.90 bits per heavy atom. The van der Waals surface area contributed by atoms with E-state index in [1.807, 2.05) is 29.9 Å². The molecule has 0 saturated carbocycles. The van der Waals surface area contributed by atoms with E-state index in [2.05, 4.69) is 17.2 Å². The molecule has 1 aliphatic rings. The SMILES string of the molecule is COC(=O)N1CCc2nn(C)c(-c3ccccc3)c2CC1. The molecule has 5 heteroatoms. The van der Waals surface area contributed by atoms with Gasteiger partial charge in [-0.25, -0.2) is 4.79 Å². The van der Waals surface area contributed by atoms with Crippen LogP contribution < -0.4 is 0 Å². The van der Waals surface area contributed by atoms with Gasteiger partial charge in [-0.3, -0.25) is 4.68 Å². The maximum Gasteiger partial charge on any atom is 0.409 e. The molecule has 1 amide bonds. The summed E-state index contributed by atoms with van der Waals surface area (Å²) in [6.45, 7) is 1.33. The molecule has 0 saturated heterocycles. The molecule has 110 valence electrons. The molecule has 0 radical (unpaired) electrons. The van der Waals surface area contributed by atoms with Crippen LogP contribution in [0.25, 0.3) is 11.3 Å². The summed E-state index contributed by atoms with van der Waals surface area (Å²) >= 11 is 0. The van der Waals surface area contributed by atoms with Crippen molar-refractivity contribution in [2.24, 2.45) is 7.05 Å². The molecule has 0 atom stereocenters. The number of carbonyl (C=O) groups excluding carboxylic acids is 1. The van der Waals surface area contributed by atoms with Crippen LogP contribution in [0.2, 0.25) is 0 Å². The van der Waals surface area contributed by atoms with Gasteiger partial charge in [0.15, 0.2) is 0 Å². The van der Waals surface area contributed by atoms with Crippen LogP contribution in [0.3, 0.4) is 0 Å². The highest BCUT2D eigenvalue weighted by Gasteiger charge is 2.24. The van der Waals surface area contributed by atoms with E-state index in [-0.39, 0.29) is 6.09 Å². The molecule has 21 heavy (non-hydrogen) atoms. The van der Waals surface area contributed by atoms with Crippen LogP contribution in [0.1, 0.15) is 11.3 Å². The second-order valence-corrected chi connectivity index (χ2v) is 5.22. The molecule has 1 aromatic carbocycles. The quantitative estimate of drug-likeness (QED) is 0.807. The van der Waals surface area contributed by atoms with Crippen LogP contribution in [0, 0.1) is 0 Å². The monoisotopic (exact) mass is 285 g/mol. The molecule has 0 spiro atoms. The lowest BCUT2D eigenvalue weighted by Gasteiger charge is -2.18. The third-order valence-corrected chi connectivity index (χ3v) is 3.96. The van der Waals surface area contributed by atoms with Crippen LogP contribution in [-0.4, -0.2) is 41.0 Å². The molecule has 1 aliphatic heterocycles. The summed E-state index contributed by atoms with van der Waals surface area (Å²) in [5.41, 5.74) is 4.65. The number of rotatable bonds is 1. The van der Waals surface area contributed by atoms with E-state index in [1.54, 1.807) is 4.90 Å². The van der Waals surface area contributed by atoms with Gasteiger partial charge in [0.1, 0.15) is 0 Å². The first-order valence-corrected chi connectivity index (χ1v) is 7.13. The normalized spacial score (nSPS) is 14.5. The number of hydrogen-bond donors (Lipinski definition) is 0. The Morgan fingerprint density at radius 1 is 1.19 bits per heavy atom. The van der Waals surface area contributed by atoms with E-state index >= 15 is 0 Å².